The van der Waals surface area contributed by atoms with Crippen LogP contribution in [0, 0.1) is 0 Å². The quantitative estimate of drug-likeness (QED) is 0.879. The molecule has 0 aromatic heterocycles. The highest BCUT2D eigenvalue weighted by molar-refractivity contribution is 5.95. The lowest BCUT2D eigenvalue weighted by molar-refractivity contribution is -0.137. The van der Waals surface area contributed by atoms with Crippen LogP contribution < -0.4 is 5.32 Å². The van der Waals surface area contributed by atoms with E-state index in [0.29, 0.717) is 6.42 Å². The minimum Gasteiger partial charge on any atom is -0.478 e. The van der Waals surface area contributed by atoms with E-state index in [1.165, 1.54) is 24.3 Å². The molecular formula is C17H14F3NO3. The molecule has 0 heterocycles. The lowest BCUT2D eigenvalue weighted by Crippen LogP contribution is -2.28. The number of aromatic carboxylic acids is 1. The molecule has 4 nitrogen and oxygen atoms in total. The number of nitrogens with one attached hydrogen (secondary N) is 1. The van der Waals surface area contributed by atoms with Crippen molar-refractivity contribution in [2.75, 3.05) is 6.54 Å². The molecule has 0 spiro atoms. The Hall–Kier alpha value is -2.83. The monoisotopic (exact) mass is 337 g/mol. The summed E-state index contributed by atoms with van der Waals surface area (Å²) in [5.74, 6) is -1.84. The van der Waals surface area contributed by atoms with Gasteiger partial charge in [0.2, 0.25) is 0 Å². The van der Waals surface area contributed by atoms with Crippen molar-refractivity contribution in [1.29, 1.82) is 0 Å². The molecule has 0 aliphatic carbocycles. The molecule has 0 bridgehead atoms. The second kappa shape index (κ2) is 7.16. The van der Waals surface area contributed by atoms with E-state index in [-0.39, 0.29) is 12.1 Å². The number of rotatable bonds is 5. The molecule has 2 aromatic rings. The van der Waals surface area contributed by atoms with Gasteiger partial charge in [-0.15, -0.1) is 0 Å². The first kappa shape index (κ1) is 17.5. The van der Waals surface area contributed by atoms with E-state index in [0.717, 1.165) is 17.7 Å². The van der Waals surface area contributed by atoms with Gasteiger partial charge in [-0.05, 0) is 36.2 Å². The number of hydrogen-bond donors (Lipinski definition) is 2. The first-order valence-corrected chi connectivity index (χ1v) is 7.05. The SMILES string of the molecule is O=C(O)c1ccc(CCNC(=O)c2ccccc2C(F)(F)F)cc1. The number of alkyl halides is 3. The van der Waals surface area contributed by atoms with Gasteiger partial charge >= 0.3 is 12.1 Å². The van der Waals surface area contributed by atoms with Gasteiger partial charge in [-0.2, -0.15) is 13.2 Å². The number of hydrogen-bond acceptors (Lipinski definition) is 2. The summed E-state index contributed by atoms with van der Waals surface area (Å²) in [6.07, 6.45) is -4.22. The van der Waals surface area contributed by atoms with Crippen molar-refractivity contribution in [2.45, 2.75) is 12.6 Å². The first-order valence-electron chi connectivity index (χ1n) is 7.05. The molecule has 0 aliphatic rings. The predicted octanol–water partition coefficient (Wildman–Crippen LogP) is 3.38. The molecule has 7 heteroatoms. The molecule has 0 fully saturated rings. The smallest absolute Gasteiger partial charge is 0.417 e. The van der Waals surface area contributed by atoms with Crippen molar-refractivity contribution in [3.8, 4) is 0 Å². The topological polar surface area (TPSA) is 66.4 Å². The number of carboxylic acids is 1. The Morgan fingerprint density at radius 1 is 1.00 bits per heavy atom. The lowest BCUT2D eigenvalue weighted by Gasteiger charge is -2.12. The second-order valence-corrected chi connectivity index (χ2v) is 5.05. The summed E-state index contributed by atoms with van der Waals surface area (Å²) in [5.41, 5.74) is -0.495. The zero-order valence-electron chi connectivity index (χ0n) is 12.4. The van der Waals surface area contributed by atoms with E-state index in [1.54, 1.807) is 12.1 Å². The maximum atomic E-state index is 12.9. The van der Waals surface area contributed by atoms with Gasteiger partial charge < -0.3 is 10.4 Å². The minimum absolute atomic E-state index is 0.136. The average Bonchev–Trinajstić information content (AvgIpc) is 2.54. The maximum absolute atomic E-state index is 12.9. The Morgan fingerprint density at radius 2 is 1.62 bits per heavy atom. The van der Waals surface area contributed by atoms with Crippen LogP contribution in [0.1, 0.15) is 31.8 Å². The third-order valence-corrected chi connectivity index (χ3v) is 3.38. The summed E-state index contributed by atoms with van der Waals surface area (Å²) in [6.45, 7) is 0.136. The van der Waals surface area contributed by atoms with Crippen LogP contribution in [0.3, 0.4) is 0 Å². The normalized spacial score (nSPS) is 11.1. The zero-order chi connectivity index (χ0) is 17.7. The van der Waals surface area contributed by atoms with Crippen molar-refractivity contribution in [3.63, 3.8) is 0 Å². The fourth-order valence-corrected chi connectivity index (χ4v) is 2.16. The van der Waals surface area contributed by atoms with Crippen LogP contribution in [-0.4, -0.2) is 23.5 Å². The van der Waals surface area contributed by atoms with Gasteiger partial charge in [0.25, 0.3) is 5.91 Å². The van der Waals surface area contributed by atoms with Gasteiger partial charge in [-0.25, -0.2) is 4.79 Å². The van der Waals surface area contributed by atoms with Crippen LogP contribution >= 0.6 is 0 Å². The van der Waals surface area contributed by atoms with Gasteiger partial charge in [-0.1, -0.05) is 24.3 Å². The highest BCUT2D eigenvalue weighted by Crippen LogP contribution is 2.31. The summed E-state index contributed by atoms with van der Waals surface area (Å²) in [5, 5.41) is 11.2. The van der Waals surface area contributed by atoms with Crippen LogP contribution in [0.4, 0.5) is 13.2 Å². The number of carbonyl (C=O) groups excluding carboxylic acids is 1. The Kier molecular flexibility index (Phi) is 5.23. The van der Waals surface area contributed by atoms with Gasteiger partial charge in [0, 0.05) is 6.54 Å². The van der Waals surface area contributed by atoms with Crippen molar-refractivity contribution >= 4 is 11.9 Å². The molecule has 0 aliphatic heterocycles. The third-order valence-electron chi connectivity index (χ3n) is 3.38. The van der Waals surface area contributed by atoms with Crippen molar-refractivity contribution in [2.24, 2.45) is 0 Å². The molecule has 0 radical (unpaired) electrons. The molecule has 2 N–H and O–H groups in total. The Balaban J connectivity index is 1.98. The molecule has 2 aromatic carbocycles. The molecule has 0 saturated carbocycles. The van der Waals surface area contributed by atoms with E-state index in [9.17, 15) is 22.8 Å². The van der Waals surface area contributed by atoms with Crippen LogP contribution in [0.2, 0.25) is 0 Å². The molecule has 24 heavy (non-hydrogen) atoms. The molecule has 0 saturated heterocycles. The van der Waals surface area contributed by atoms with Gasteiger partial charge in [0.15, 0.2) is 0 Å². The van der Waals surface area contributed by atoms with Crippen molar-refractivity contribution < 1.29 is 27.9 Å². The molecule has 126 valence electrons. The largest absolute Gasteiger partial charge is 0.478 e. The van der Waals surface area contributed by atoms with Crippen LogP contribution in [0.25, 0.3) is 0 Å². The maximum Gasteiger partial charge on any atom is 0.417 e. The van der Waals surface area contributed by atoms with E-state index >= 15 is 0 Å². The van der Waals surface area contributed by atoms with E-state index in [1.807, 2.05) is 0 Å². The molecule has 1 amide bonds. The summed E-state index contributed by atoms with van der Waals surface area (Å²) < 4.78 is 38.6. The standard InChI is InChI=1S/C17H14F3NO3/c18-17(19,20)14-4-2-1-3-13(14)15(22)21-10-9-11-5-7-12(8-6-11)16(23)24/h1-8H,9-10H2,(H,21,22)(H,23,24). The Bertz CT molecular complexity index is 739. The average molecular weight is 337 g/mol. The summed E-state index contributed by atoms with van der Waals surface area (Å²) in [4.78, 5) is 22.7. The fourth-order valence-electron chi connectivity index (χ4n) is 2.16. The van der Waals surface area contributed by atoms with E-state index < -0.39 is 29.2 Å². The van der Waals surface area contributed by atoms with Crippen molar-refractivity contribution in [3.05, 3.63) is 70.8 Å². The highest BCUT2D eigenvalue weighted by atomic mass is 19.4. The molecule has 0 atom stereocenters. The first-order chi connectivity index (χ1) is 11.3. The van der Waals surface area contributed by atoms with Crippen LogP contribution in [-0.2, 0) is 12.6 Å². The third kappa shape index (κ3) is 4.34. The lowest BCUT2D eigenvalue weighted by atomic mass is 10.1. The summed E-state index contributed by atoms with van der Waals surface area (Å²) >= 11 is 0. The molecule has 0 unspecified atom stereocenters. The fraction of sp³-hybridized carbons (Fsp3) is 0.176. The van der Waals surface area contributed by atoms with Gasteiger partial charge in [0.05, 0.1) is 16.7 Å². The molecular weight excluding hydrogens is 323 g/mol. The summed E-state index contributed by atoms with van der Waals surface area (Å²) in [6, 6.07) is 10.6. The number of carbonyl (C=O) groups is 2. The van der Waals surface area contributed by atoms with E-state index in [2.05, 4.69) is 5.32 Å². The number of benzene rings is 2. The number of amides is 1. The minimum atomic E-state index is -4.60. The number of carboxylic acid groups (broad SMARTS) is 1. The second-order valence-electron chi connectivity index (χ2n) is 5.05. The summed E-state index contributed by atoms with van der Waals surface area (Å²) in [7, 11) is 0. The highest BCUT2D eigenvalue weighted by Gasteiger charge is 2.34. The Labute approximate surface area is 135 Å². The zero-order valence-corrected chi connectivity index (χ0v) is 12.4. The van der Waals surface area contributed by atoms with Gasteiger partial charge in [-0.3, -0.25) is 4.79 Å². The van der Waals surface area contributed by atoms with Crippen LogP contribution in [0.15, 0.2) is 48.5 Å². The van der Waals surface area contributed by atoms with E-state index in [4.69, 9.17) is 5.11 Å². The predicted molar refractivity (Wildman–Crippen MR) is 80.9 cm³/mol. The number of halogens is 3. The van der Waals surface area contributed by atoms with Crippen LogP contribution in [0.5, 0.6) is 0 Å². The molecule has 2 rings (SSSR count). The Morgan fingerprint density at radius 3 is 2.21 bits per heavy atom. The van der Waals surface area contributed by atoms with Gasteiger partial charge in [0.1, 0.15) is 0 Å². The van der Waals surface area contributed by atoms with Crippen molar-refractivity contribution in [1.82, 2.24) is 5.32 Å².